The molecular weight excluding hydrogens is 362 g/mol. The van der Waals surface area contributed by atoms with Crippen molar-refractivity contribution in [2.24, 2.45) is 0 Å². The summed E-state index contributed by atoms with van der Waals surface area (Å²) in [7, 11) is 1.62. The summed E-state index contributed by atoms with van der Waals surface area (Å²) in [6.45, 7) is 3.33. The number of nitrogens with zero attached hydrogens (tertiary/aromatic N) is 2. The Kier molecular flexibility index (Phi) is 6.91. The second-order valence-corrected chi connectivity index (χ2v) is 6.35. The van der Waals surface area contributed by atoms with Crippen molar-refractivity contribution in [3.63, 3.8) is 0 Å². The molecular formula is C20H25N3O5. The van der Waals surface area contributed by atoms with E-state index in [-0.39, 0.29) is 18.4 Å². The minimum Gasteiger partial charge on any atom is -0.497 e. The van der Waals surface area contributed by atoms with Gasteiger partial charge in [0.05, 0.1) is 19.9 Å². The van der Waals surface area contributed by atoms with Crippen LogP contribution in [0.25, 0.3) is 0 Å². The third kappa shape index (κ3) is 5.26. The highest BCUT2D eigenvalue weighted by atomic mass is 16.5. The summed E-state index contributed by atoms with van der Waals surface area (Å²) >= 11 is 0. The Morgan fingerprint density at radius 2 is 1.71 bits per heavy atom. The Morgan fingerprint density at radius 1 is 1.04 bits per heavy atom. The van der Waals surface area contributed by atoms with E-state index < -0.39 is 0 Å². The van der Waals surface area contributed by atoms with E-state index in [4.69, 9.17) is 13.9 Å². The Balaban J connectivity index is 1.30. The summed E-state index contributed by atoms with van der Waals surface area (Å²) in [5.41, 5.74) is 0. The third-order valence-electron chi connectivity index (χ3n) is 4.53. The fraction of sp³-hybridized carbons (Fsp3) is 0.400. The van der Waals surface area contributed by atoms with E-state index >= 15 is 0 Å². The molecule has 1 saturated heterocycles. The average molecular weight is 387 g/mol. The van der Waals surface area contributed by atoms with Crippen LogP contribution < -0.4 is 14.8 Å². The molecule has 2 aromatic rings. The van der Waals surface area contributed by atoms with E-state index in [1.807, 2.05) is 24.3 Å². The van der Waals surface area contributed by atoms with Crippen molar-refractivity contribution < 1.29 is 23.5 Å². The molecule has 1 fully saturated rings. The van der Waals surface area contributed by atoms with Crippen LogP contribution in [-0.2, 0) is 4.79 Å². The zero-order valence-corrected chi connectivity index (χ0v) is 15.9. The van der Waals surface area contributed by atoms with Crippen molar-refractivity contribution in [1.82, 2.24) is 15.1 Å². The van der Waals surface area contributed by atoms with E-state index in [2.05, 4.69) is 5.32 Å². The summed E-state index contributed by atoms with van der Waals surface area (Å²) in [6.07, 6.45) is 1.48. The molecule has 1 aliphatic heterocycles. The molecule has 28 heavy (non-hydrogen) atoms. The number of rotatable bonds is 8. The van der Waals surface area contributed by atoms with Gasteiger partial charge in [0.15, 0.2) is 5.76 Å². The lowest BCUT2D eigenvalue weighted by Crippen LogP contribution is -2.52. The summed E-state index contributed by atoms with van der Waals surface area (Å²) in [4.78, 5) is 28.0. The summed E-state index contributed by atoms with van der Waals surface area (Å²) in [6, 6.07) is 10.7. The molecule has 8 nitrogen and oxygen atoms in total. The smallest absolute Gasteiger partial charge is 0.289 e. The van der Waals surface area contributed by atoms with Crippen LogP contribution in [0.2, 0.25) is 0 Å². The predicted octanol–water partition coefficient (Wildman–Crippen LogP) is 1.24. The van der Waals surface area contributed by atoms with Gasteiger partial charge in [-0.2, -0.15) is 0 Å². The zero-order valence-electron chi connectivity index (χ0n) is 15.9. The van der Waals surface area contributed by atoms with Crippen LogP contribution >= 0.6 is 0 Å². The van der Waals surface area contributed by atoms with Crippen LogP contribution in [-0.4, -0.2) is 74.6 Å². The molecule has 0 atom stereocenters. The number of piperazine rings is 1. The molecule has 1 aromatic heterocycles. The van der Waals surface area contributed by atoms with Crippen molar-refractivity contribution in [2.45, 2.75) is 0 Å². The second-order valence-electron chi connectivity index (χ2n) is 6.35. The van der Waals surface area contributed by atoms with Gasteiger partial charge in [-0.1, -0.05) is 0 Å². The van der Waals surface area contributed by atoms with Gasteiger partial charge < -0.3 is 29.0 Å². The van der Waals surface area contributed by atoms with E-state index in [0.29, 0.717) is 45.1 Å². The molecule has 0 aliphatic carbocycles. The summed E-state index contributed by atoms with van der Waals surface area (Å²) < 4.78 is 15.9. The SMILES string of the molecule is COc1ccc(OCCNCC(=O)N2CCN(C(=O)c3ccco3)CC2)cc1. The number of hydrogen-bond donors (Lipinski definition) is 1. The Morgan fingerprint density at radius 3 is 2.36 bits per heavy atom. The van der Waals surface area contributed by atoms with Crippen LogP contribution in [0.3, 0.4) is 0 Å². The van der Waals surface area contributed by atoms with Crippen molar-refractivity contribution in [2.75, 3.05) is 53.0 Å². The van der Waals surface area contributed by atoms with Crippen LogP contribution in [0.4, 0.5) is 0 Å². The van der Waals surface area contributed by atoms with Crippen molar-refractivity contribution in [3.8, 4) is 11.5 Å². The van der Waals surface area contributed by atoms with Crippen molar-refractivity contribution in [3.05, 3.63) is 48.4 Å². The molecule has 0 bridgehead atoms. The number of furan rings is 1. The minimum absolute atomic E-state index is 0.0227. The Hall–Kier alpha value is -3.00. The minimum atomic E-state index is -0.133. The zero-order chi connectivity index (χ0) is 19.8. The number of amides is 2. The molecule has 1 aliphatic rings. The van der Waals surface area contributed by atoms with Gasteiger partial charge >= 0.3 is 0 Å². The second kappa shape index (κ2) is 9.80. The van der Waals surface area contributed by atoms with Gasteiger partial charge in [0.25, 0.3) is 5.91 Å². The van der Waals surface area contributed by atoms with E-state index in [0.717, 1.165) is 11.5 Å². The topological polar surface area (TPSA) is 84.3 Å². The Labute approximate surface area is 164 Å². The molecule has 2 heterocycles. The largest absolute Gasteiger partial charge is 0.497 e. The molecule has 0 spiro atoms. The van der Waals surface area contributed by atoms with Crippen LogP contribution in [0, 0.1) is 0 Å². The molecule has 1 N–H and O–H groups in total. The van der Waals surface area contributed by atoms with E-state index in [1.165, 1.54) is 6.26 Å². The lowest BCUT2D eigenvalue weighted by atomic mass is 10.2. The first kappa shape index (κ1) is 19.8. The fourth-order valence-corrected chi connectivity index (χ4v) is 2.94. The lowest BCUT2D eigenvalue weighted by Gasteiger charge is -2.34. The highest BCUT2D eigenvalue weighted by Gasteiger charge is 2.25. The van der Waals surface area contributed by atoms with Crippen LogP contribution in [0.15, 0.2) is 47.1 Å². The molecule has 3 rings (SSSR count). The average Bonchev–Trinajstić information content (AvgIpc) is 3.28. The molecule has 150 valence electrons. The highest BCUT2D eigenvalue weighted by Crippen LogP contribution is 2.16. The normalized spacial score (nSPS) is 14.0. The van der Waals surface area contributed by atoms with Gasteiger partial charge in [-0.05, 0) is 36.4 Å². The quantitative estimate of drug-likeness (QED) is 0.686. The highest BCUT2D eigenvalue weighted by molar-refractivity contribution is 5.91. The van der Waals surface area contributed by atoms with E-state index in [1.54, 1.807) is 29.0 Å². The van der Waals surface area contributed by atoms with Crippen LogP contribution in [0.5, 0.6) is 11.5 Å². The van der Waals surface area contributed by atoms with Gasteiger partial charge in [0.1, 0.15) is 18.1 Å². The lowest BCUT2D eigenvalue weighted by molar-refractivity contribution is -0.131. The predicted molar refractivity (Wildman–Crippen MR) is 103 cm³/mol. The number of ether oxygens (including phenoxy) is 2. The number of carbonyl (C=O) groups excluding carboxylic acids is 2. The first-order valence-electron chi connectivity index (χ1n) is 9.25. The standard InChI is InChI=1S/C20H25N3O5/c1-26-16-4-6-17(7-5-16)27-14-8-21-15-19(24)22-9-11-23(12-10-22)20(25)18-3-2-13-28-18/h2-7,13,21H,8-12,14-15H2,1H3. The molecule has 0 saturated carbocycles. The summed E-state index contributed by atoms with van der Waals surface area (Å²) in [5, 5.41) is 3.10. The van der Waals surface area contributed by atoms with Gasteiger partial charge in [-0.15, -0.1) is 0 Å². The van der Waals surface area contributed by atoms with Gasteiger partial charge in [-0.25, -0.2) is 0 Å². The summed E-state index contributed by atoms with van der Waals surface area (Å²) in [5.74, 6) is 1.76. The van der Waals surface area contributed by atoms with E-state index in [9.17, 15) is 9.59 Å². The maximum atomic E-state index is 12.3. The van der Waals surface area contributed by atoms with Crippen molar-refractivity contribution in [1.29, 1.82) is 0 Å². The maximum absolute atomic E-state index is 12.3. The molecule has 2 amide bonds. The van der Waals surface area contributed by atoms with Crippen LogP contribution in [0.1, 0.15) is 10.6 Å². The Bertz CT molecular complexity index is 753. The van der Waals surface area contributed by atoms with Gasteiger partial charge in [-0.3, -0.25) is 9.59 Å². The molecule has 8 heteroatoms. The molecule has 1 aromatic carbocycles. The number of benzene rings is 1. The fourth-order valence-electron chi connectivity index (χ4n) is 2.94. The monoisotopic (exact) mass is 387 g/mol. The first-order valence-corrected chi connectivity index (χ1v) is 9.25. The number of nitrogens with one attached hydrogen (secondary N) is 1. The third-order valence-corrected chi connectivity index (χ3v) is 4.53. The number of methoxy groups -OCH3 is 1. The van der Waals surface area contributed by atoms with Gasteiger partial charge in [0, 0.05) is 32.7 Å². The maximum Gasteiger partial charge on any atom is 0.289 e. The molecule has 0 radical (unpaired) electrons. The number of hydrogen-bond acceptors (Lipinski definition) is 6. The molecule has 0 unspecified atom stereocenters. The first-order chi connectivity index (χ1) is 13.7. The van der Waals surface area contributed by atoms with Crippen molar-refractivity contribution >= 4 is 11.8 Å². The number of carbonyl (C=O) groups is 2. The van der Waals surface area contributed by atoms with Gasteiger partial charge in [0.2, 0.25) is 5.91 Å².